The van der Waals surface area contributed by atoms with Gasteiger partial charge in [-0.1, -0.05) is 36.4 Å². The smallest absolute Gasteiger partial charge is 0.410 e. The highest BCUT2D eigenvalue weighted by Gasteiger charge is 2.30. The number of nitrogens with zero attached hydrogens (tertiary/aromatic N) is 1. The first-order valence-corrected chi connectivity index (χ1v) is 4.92. The summed E-state index contributed by atoms with van der Waals surface area (Å²) in [5, 5.41) is 0. The van der Waals surface area contributed by atoms with Gasteiger partial charge in [0.05, 0.1) is 6.54 Å². The highest BCUT2D eigenvalue weighted by atomic mass is 16.6. The van der Waals surface area contributed by atoms with Crippen LogP contribution >= 0.6 is 0 Å². The average Bonchev–Trinajstić information content (AvgIpc) is 2.63. The van der Waals surface area contributed by atoms with Crippen LogP contribution in [0.1, 0.15) is 11.7 Å². The van der Waals surface area contributed by atoms with Crippen LogP contribution in [0.2, 0.25) is 0 Å². The maximum Gasteiger partial charge on any atom is 0.410 e. The van der Waals surface area contributed by atoms with Crippen molar-refractivity contribution >= 4 is 6.09 Å². The lowest BCUT2D eigenvalue weighted by Crippen LogP contribution is -2.24. The number of carbonyl (C=O) groups excluding carboxylic acids is 1. The van der Waals surface area contributed by atoms with Gasteiger partial charge in [-0.15, -0.1) is 6.58 Å². The number of cyclic esters (lactones) is 1. The Balaban J connectivity index is 2.09. The largest absolute Gasteiger partial charge is 0.439 e. The van der Waals surface area contributed by atoms with E-state index < -0.39 is 0 Å². The van der Waals surface area contributed by atoms with Crippen LogP contribution in [-0.4, -0.2) is 24.1 Å². The SMILES string of the molecule is C=CCN1CC(c2ccccc2)OC1=O. The number of benzene rings is 1. The van der Waals surface area contributed by atoms with Crippen LogP contribution in [0.5, 0.6) is 0 Å². The van der Waals surface area contributed by atoms with Crippen molar-refractivity contribution in [1.29, 1.82) is 0 Å². The normalized spacial score (nSPS) is 20.1. The molecular formula is C12H13NO2. The van der Waals surface area contributed by atoms with Crippen LogP contribution in [0.4, 0.5) is 4.79 Å². The lowest BCUT2D eigenvalue weighted by atomic mass is 10.1. The van der Waals surface area contributed by atoms with E-state index in [1.54, 1.807) is 11.0 Å². The minimum atomic E-state index is -0.260. The lowest BCUT2D eigenvalue weighted by molar-refractivity contribution is 0.134. The van der Waals surface area contributed by atoms with Crippen molar-refractivity contribution in [3.8, 4) is 0 Å². The highest BCUT2D eigenvalue weighted by Crippen LogP contribution is 2.25. The first-order chi connectivity index (χ1) is 7.31. The molecule has 1 aliphatic rings. The van der Waals surface area contributed by atoms with Crippen molar-refractivity contribution in [3.63, 3.8) is 0 Å². The quantitative estimate of drug-likeness (QED) is 0.706. The molecular weight excluding hydrogens is 190 g/mol. The van der Waals surface area contributed by atoms with Crippen LogP contribution in [0.15, 0.2) is 43.0 Å². The Kier molecular flexibility index (Phi) is 2.72. The molecule has 0 bridgehead atoms. The molecule has 1 atom stereocenters. The highest BCUT2D eigenvalue weighted by molar-refractivity contribution is 5.70. The second-order valence-corrected chi connectivity index (χ2v) is 3.48. The lowest BCUT2D eigenvalue weighted by Gasteiger charge is -2.09. The number of ether oxygens (including phenoxy) is 1. The van der Waals surface area contributed by atoms with Gasteiger partial charge in [-0.25, -0.2) is 4.79 Å². The zero-order valence-corrected chi connectivity index (χ0v) is 8.43. The van der Waals surface area contributed by atoms with Crippen LogP contribution in [0, 0.1) is 0 Å². The molecule has 1 aromatic rings. The molecule has 15 heavy (non-hydrogen) atoms. The van der Waals surface area contributed by atoms with Gasteiger partial charge in [-0.3, -0.25) is 0 Å². The van der Waals surface area contributed by atoms with E-state index in [2.05, 4.69) is 6.58 Å². The van der Waals surface area contributed by atoms with Crippen LogP contribution < -0.4 is 0 Å². The Labute approximate surface area is 89.0 Å². The topological polar surface area (TPSA) is 29.5 Å². The molecule has 0 aromatic heterocycles. The van der Waals surface area contributed by atoms with Gasteiger partial charge >= 0.3 is 6.09 Å². The molecule has 3 nitrogen and oxygen atoms in total. The summed E-state index contributed by atoms with van der Waals surface area (Å²) >= 11 is 0. The van der Waals surface area contributed by atoms with E-state index in [9.17, 15) is 4.79 Å². The molecule has 0 spiro atoms. The zero-order chi connectivity index (χ0) is 10.7. The fourth-order valence-electron chi connectivity index (χ4n) is 1.65. The molecule has 1 unspecified atom stereocenters. The van der Waals surface area contributed by atoms with Gasteiger partial charge in [-0.05, 0) is 5.56 Å². The molecule has 0 aliphatic carbocycles. The third kappa shape index (κ3) is 2.01. The van der Waals surface area contributed by atoms with E-state index >= 15 is 0 Å². The molecule has 0 N–H and O–H groups in total. The maximum atomic E-state index is 11.4. The Morgan fingerprint density at radius 1 is 1.47 bits per heavy atom. The monoisotopic (exact) mass is 203 g/mol. The number of amides is 1. The van der Waals surface area contributed by atoms with Crippen molar-refractivity contribution < 1.29 is 9.53 Å². The molecule has 1 fully saturated rings. The minimum absolute atomic E-state index is 0.140. The van der Waals surface area contributed by atoms with Crippen LogP contribution in [0.3, 0.4) is 0 Å². The van der Waals surface area contributed by atoms with E-state index in [0.29, 0.717) is 13.1 Å². The summed E-state index contributed by atoms with van der Waals surface area (Å²) in [6.07, 6.45) is 1.30. The van der Waals surface area contributed by atoms with Crippen molar-refractivity contribution in [1.82, 2.24) is 4.90 Å². The second kappa shape index (κ2) is 4.17. The molecule has 2 rings (SSSR count). The summed E-state index contributed by atoms with van der Waals surface area (Å²) in [5.41, 5.74) is 1.04. The predicted molar refractivity (Wildman–Crippen MR) is 57.4 cm³/mol. The Hall–Kier alpha value is -1.77. The van der Waals surface area contributed by atoms with Gasteiger partial charge in [0.2, 0.25) is 0 Å². The molecule has 1 aliphatic heterocycles. The minimum Gasteiger partial charge on any atom is -0.439 e. The van der Waals surface area contributed by atoms with E-state index in [-0.39, 0.29) is 12.2 Å². The van der Waals surface area contributed by atoms with Gasteiger partial charge < -0.3 is 9.64 Å². The first-order valence-electron chi connectivity index (χ1n) is 4.92. The summed E-state index contributed by atoms with van der Waals surface area (Å²) in [5.74, 6) is 0. The van der Waals surface area contributed by atoms with Crippen molar-refractivity contribution in [2.75, 3.05) is 13.1 Å². The predicted octanol–water partition coefficient (Wildman–Crippen LogP) is 2.37. The molecule has 0 radical (unpaired) electrons. The number of rotatable bonds is 3. The van der Waals surface area contributed by atoms with Gasteiger partial charge in [-0.2, -0.15) is 0 Å². The molecule has 78 valence electrons. The van der Waals surface area contributed by atoms with Crippen molar-refractivity contribution in [2.24, 2.45) is 0 Å². The Bertz CT molecular complexity index is 361. The standard InChI is InChI=1S/C12H13NO2/c1-2-8-13-9-11(15-12(13)14)10-6-4-3-5-7-10/h2-7,11H,1,8-9H2. The van der Waals surface area contributed by atoms with E-state index in [1.165, 1.54) is 0 Å². The Morgan fingerprint density at radius 2 is 2.20 bits per heavy atom. The number of hydrogen-bond donors (Lipinski definition) is 0. The fraction of sp³-hybridized carbons (Fsp3) is 0.250. The molecule has 3 heteroatoms. The third-order valence-electron chi connectivity index (χ3n) is 2.41. The molecule has 0 saturated carbocycles. The van der Waals surface area contributed by atoms with Gasteiger partial charge in [0, 0.05) is 6.54 Å². The maximum absolute atomic E-state index is 11.4. The van der Waals surface area contributed by atoms with Crippen LogP contribution in [-0.2, 0) is 4.74 Å². The fourth-order valence-corrected chi connectivity index (χ4v) is 1.65. The van der Waals surface area contributed by atoms with E-state index in [1.807, 2.05) is 30.3 Å². The summed E-state index contributed by atoms with van der Waals surface area (Å²) in [6, 6.07) is 9.77. The molecule has 1 aromatic carbocycles. The summed E-state index contributed by atoms with van der Waals surface area (Å²) in [6.45, 7) is 4.76. The van der Waals surface area contributed by atoms with Gasteiger partial charge in [0.15, 0.2) is 0 Å². The average molecular weight is 203 g/mol. The van der Waals surface area contributed by atoms with Crippen LogP contribution in [0.25, 0.3) is 0 Å². The van der Waals surface area contributed by atoms with Gasteiger partial charge in [0.1, 0.15) is 6.10 Å². The molecule has 1 amide bonds. The Morgan fingerprint density at radius 3 is 2.87 bits per heavy atom. The van der Waals surface area contributed by atoms with Gasteiger partial charge in [0.25, 0.3) is 0 Å². The summed E-state index contributed by atoms with van der Waals surface area (Å²) < 4.78 is 5.25. The summed E-state index contributed by atoms with van der Waals surface area (Å²) in [4.78, 5) is 13.0. The second-order valence-electron chi connectivity index (χ2n) is 3.48. The zero-order valence-electron chi connectivity index (χ0n) is 8.43. The number of carbonyl (C=O) groups is 1. The molecule has 1 heterocycles. The summed E-state index contributed by atoms with van der Waals surface area (Å²) in [7, 11) is 0. The number of hydrogen-bond acceptors (Lipinski definition) is 2. The van der Waals surface area contributed by atoms with E-state index in [0.717, 1.165) is 5.56 Å². The third-order valence-corrected chi connectivity index (χ3v) is 2.41. The first kappa shape index (κ1) is 9.77. The van der Waals surface area contributed by atoms with E-state index in [4.69, 9.17) is 4.74 Å². The van der Waals surface area contributed by atoms with Crippen molar-refractivity contribution in [2.45, 2.75) is 6.10 Å². The molecule has 1 saturated heterocycles. The van der Waals surface area contributed by atoms with Crippen molar-refractivity contribution in [3.05, 3.63) is 48.6 Å².